The molecule has 1 saturated carbocycles. The predicted octanol–water partition coefficient (Wildman–Crippen LogP) is 0.343. The number of rotatable bonds is 4. The van der Waals surface area contributed by atoms with E-state index in [4.69, 9.17) is 4.74 Å². The fourth-order valence-corrected chi connectivity index (χ4v) is 3.17. The van der Waals surface area contributed by atoms with Crippen molar-refractivity contribution in [2.24, 2.45) is 18.9 Å². The van der Waals surface area contributed by atoms with E-state index in [-0.39, 0.29) is 17.2 Å². The summed E-state index contributed by atoms with van der Waals surface area (Å²) in [6, 6.07) is 0. The molecule has 0 radical (unpaired) electrons. The molecule has 0 spiro atoms. The van der Waals surface area contributed by atoms with Gasteiger partial charge >= 0.3 is 5.69 Å². The second kappa shape index (κ2) is 5.08. The van der Waals surface area contributed by atoms with Crippen LogP contribution in [0.2, 0.25) is 0 Å². The molecule has 3 heterocycles. The molecule has 4 rings (SSSR count). The van der Waals surface area contributed by atoms with E-state index in [1.165, 1.54) is 22.0 Å². The largest absolute Gasteiger partial charge is 0.381 e. The molecule has 1 saturated heterocycles. The minimum Gasteiger partial charge on any atom is -0.381 e. The minimum absolute atomic E-state index is 0.219. The normalized spacial score (nSPS) is 21.8. The Kier molecular flexibility index (Phi) is 3.18. The summed E-state index contributed by atoms with van der Waals surface area (Å²) in [5, 5.41) is 4.33. The third-order valence-electron chi connectivity index (χ3n) is 4.74. The quantitative estimate of drug-likeness (QED) is 0.817. The number of fused-ring (bicyclic) bond motifs is 1. The maximum atomic E-state index is 12.8. The fraction of sp³-hybridized carbons (Fsp3) is 0.667. The molecule has 7 heteroatoms. The summed E-state index contributed by atoms with van der Waals surface area (Å²) < 4.78 is 10.0. The minimum atomic E-state index is -0.268. The Morgan fingerprint density at radius 2 is 2.05 bits per heavy atom. The van der Waals surface area contributed by atoms with E-state index >= 15 is 0 Å². The molecule has 2 aromatic rings. The van der Waals surface area contributed by atoms with Gasteiger partial charge in [-0.25, -0.2) is 4.79 Å². The van der Waals surface area contributed by atoms with Crippen molar-refractivity contribution in [1.29, 1.82) is 0 Å². The number of hydrogen-bond acceptors (Lipinski definition) is 4. The van der Waals surface area contributed by atoms with Crippen LogP contribution in [0.1, 0.15) is 19.3 Å². The average molecular weight is 304 g/mol. The van der Waals surface area contributed by atoms with Gasteiger partial charge in [0.15, 0.2) is 5.52 Å². The maximum Gasteiger partial charge on any atom is 0.331 e. The first-order valence-corrected chi connectivity index (χ1v) is 7.88. The third kappa shape index (κ3) is 2.20. The lowest BCUT2D eigenvalue weighted by molar-refractivity contribution is 0.182. The molecule has 1 unspecified atom stereocenters. The molecule has 1 atom stereocenters. The molecule has 0 aromatic carbocycles. The van der Waals surface area contributed by atoms with Crippen LogP contribution in [-0.2, 0) is 24.9 Å². The van der Waals surface area contributed by atoms with Crippen molar-refractivity contribution in [3.63, 3.8) is 0 Å². The van der Waals surface area contributed by atoms with Crippen molar-refractivity contribution in [3.8, 4) is 0 Å². The number of aromatic nitrogens is 4. The molecule has 0 amide bonds. The Hall–Kier alpha value is -1.89. The summed E-state index contributed by atoms with van der Waals surface area (Å²) in [6.07, 6.45) is 4.92. The second-order valence-electron chi connectivity index (χ2n) is 6.49. The molecule has 0 bridgehead atoms. The van der Waals surface area contributed by atoms with Gasteiger partial charge in [-0.15, -0.1) is 0 Å². The highest BCUT2D eigenvalue weighted by Gasteiger charge is 2.25. The Balaban J connectivity index is 1.84. The Labute approximate surface area is 127 Å². The van der Waals surface area contributed by atoms with Crippen LogP contribution in [0.25, 0.3) is 11.0 Å². The Morgan fingerprint density at radius 3 is 2.73 bits per heavy atom. The summed E-state index contributed by atoms with van der Waals surface area (Å²) in [7, 11) is 1.70. The highest BCUT2D eigenvalue weighted by atomic mass is 16.5. The summed E-state index contributed by atoms with van der Waals surface area (Å²) in [6.45, 7) is 2.52. The van der Waals surface area contributed by atoms with Gasteiger partial charge in [-0.2, -0.15) is 5.10 Å². The molecule has 2 aromatic heterocycles. The van der Waals surface area contributed by atoms with Gasteiger partial charge in [-0.3, -0.25) is 18.6 Å². The topological polar surface area (TPSA) is 71.1 Å². The van der Waals surface area contributed by atoms with Gasteiger partial charge in [0.25, 0.3) is 5.56 Å². The lowest BCUT2D eigenvalue weighted by atomic mass is 10.1. The predicted molar refractivity (Wildman–Crippen MR) is 80.9 cm³/mol. The van der Waals surface area contributed by atoms with Crippen LogP contribution in [0.5, 0.6) is 0 Å². The van der Waals surface area contributed by atoms with Crippen LogP contribution < -0.4 is 11.2 Å². The number of ether oxygens (including phenoxy) is 1. The van der Waals surface area contributed by atoms with Crippen LogP contribution in [0, 0.1) is 11.8 Å². The molecule has 0 N–H and O–H groups in total. The molecular formula is C15H20N4O3. The van der Waals surface area contributed by atoms with E-state index in [9.17, 15) is 9.59 Å². The summed E-state index contributed by atoms with van der Waals surface area (Å²) >= 11 is 0. The van der Waals surface area contributed by atoms with Crippen molar-refractivity contribution >= 4 is 11.0 Å². The van der Waals surface area contributed by atoms with E-state index in [0.29, 0.717) is 36.7 Å². The average Bonchev–Trinajstić information content (AvgIpc) is 3.00. The number of nitrogens with zero attached hydrogens (tertiary/aromatic N) is 4. The van der Waals surface area contributed by atoms with Crippen LogP contribution >= 0.6 is 0 Å². The molecule has 118 valence electrons. The first-order valence-electron chi connectivity index (χ1n) is 7.88. The van der Waals surface area contributed by atoms with Crippen LogP contribution in [-0.4, -0.2) is 32.1 Å². The monoisotopic (exact) mass is 304 g/mol. The molecule has 22 heavy (non-hydrogen) atoms. The molecule has 1 aliphatic carbocycles. The number of aryl methyl sites for hydroxylation is 1. The summed E-state index contributed by atoms with van der Waals surface area (Å²) in [5.41, 5.74) is 0.681. The van der Waals surface area contributed by atoms with Gasteiger partial charge in [-0.1, -0.05) is 0 Å². The highest BCUT2D eigenvalue weighted by Crippen LogP contribution is 2.30. The molecule has 2 fully saturated rings. The van der Waals surface area contributed by atoms with E-state index in [1.54, 1.807) is 17.9 Å². The van der Waals surface area contributed by atoms with E-state index < -0.39 is 0 Å². The highest BCUT2D eigenvalue weighted by molar-refractivity contribution is 5.73. The van der Waals surface area contributed by atoms with Crippen molar-refractivity contribution in [3.05, 3.63) is 27.0 Å². The van der Waals surface area contributed by atoms with Gasteiger partial charge in [0.05, 0.1) is 18.3 Å². The van der Waals surface area contributed by atoms with Crippen LogP contribution in [0.3, 0.4) is 0 Å². The molecule has 7 nitrogen and oxygen atoms in total. The van der Waals surface area contributed by atoms with E-state index in [2.05, 4.69) is 5.10 Å². The van der Waals surface area contributed by atoms with Crippen LogP contribution in [0.4, 0.5) is 0 Å². The maximum absolute atomic E-state index is 12.8. The molecule has 1 aliphatic heterocycles. The van der Waals surface area contributed by atoms with Crippen molar-refractivity contribution in [2.45, 2.75) is 32.4 Å². The zero-order valence-electron chi connectivity index (χ0n) is 12.7. The second-order valence-corrected chi connectivity index (χ2v) is 6.49. The van der Waals surface area contributed by atoms with Gasteiger partial charge in [0.1, 0.15) is 0 Å². The van der Waals surface area contributed by atoms with Crippen molar-refractivity contribution in [2.75, 3.05) is 13.2 Å². The van der Waals surface area contributed by atoms with Gasteiger partial charge in [0.2, 0.25) is 0 Å². The Morgan fingerprint density at radius 1 is 1.23 bits per heavy atom. The zero-order chi connectivity index (χ0) is 15.3. The third-order valence-corrected chi connectivity index (χ3v) is 4.74. The lowest BCUT2D eigenvalue weighted by Gasteiger charge is -2.12. The van der Waals surface area contributed by atoms with Gasteiger partial charge < -0.3 is 4.74 Å². The smallest absolute Gasteiger partial charge is 0.331 e. The lowest BCUT2D eigenvalue weighted by Crippen LogP contribution is -2.41. The first-order chi connectivity index (χ1) is 10.6. The summed E-state index contributed by atoms with van der Waals surface area (Å²) in [4.78, 5) is 25.3. The Bertz CT molecular complexity index is 822. The number of hydrogen-bond donors (Lipinski definition) is 0. The fourth-order valence-electron chi connectivity index (χ4n) is 3.17. The van der Waals surface area contributed by atoms with Gasteiger partial charge in [-0.05, 0) is 25.2 Å². The van der Waals surface area contributed by atoms with E-state index in [0.717, 1.165) is 13.0 Å². The SMILES string of the molecule is Cn1c(=O)n(CC2CCOC2)c(=O)c2c1cnn2CC1CC1. The standard InChI is InChI=1S/C15H20N4O3/c1-17-12-6-16-19(8-10-2-3-10)13(12)14(20)18(15(17)21)7-11-4-5-22-9-11/h6,10-11H,2-5,7-9H2,1H3. The molecule has 2 aliphatic rings. The van der Waals surface area contributed by atoms with Gasteiger partial charge in [0, 0.05) is 32.7 Å². The molecular weight excluding hydrogens is 284 g/mol. The summed E-state index contributed by atoms with van der Waals surface area (Å²) in [5.74, 6) is 0.860. The van der Waals surface area contributed by atoms with E-state index in [1.807, 2.05) is 0 Å². The first kappa shape index (κ1) is 13.8. The van der Waals surface area contributed by atoms with Crippen molar-refractivity contribution < 1.29 is 4.74 Å². The van der Waals surface area contributed by atoms with Crippen molar-refractivity contribution in [1.82, 2.24) is 18.9 Å². The zero-order valence-corrected chi connectivity index (χ0v) is 12.7. The van der Waals surface area contributed by atoms with Crippen LogP contribution in [0.15, 0.2) is 15.8 Å².